The molecule has 6 nitrogen and oxygen atoms in total. The summed E-state index contributed by atoms with van der Waals surface area (Å²) in [6.45, 7) is 4.73. The molecule has 7 heteroatoms. The molecule has 0 saturated carbocycles. The quantitative estimate of drug-likeness (QED) is 0.887. The van der Waals surface area contributed by atoms with Crippen molar-refractivity contribution in [3.05, 3.63) is 27.8 Å². The number of rotatable bonds is 4. The summed E-state index contributed by atoms with van der Waals surface area (Å²) in [5.41, 5.74) is 7.72. The third kappa shape index (κ3) is 2.82. The number of halogens is 1. The zero-order valence-electron chi connectivity index (χ0n) is 12.5. The van der Waals surface area contributed by atoms with Gasteiger partial charge in [-0.2, -0.15) is 5.26 Å². The van der Waals surface area contributed by atoms with E-state index in [0.29, 0.717) is 41.6 Å². The van der Waals surface area contributed by atoms with Crippen LogP contribution in [0.25, 0.3) is 0 Å². The van der Waals surface area contributed by atoms with Gasteiger partial charge in [-0.1, -0.05) is 11.6 Å². The van der Waals surface area contributed by atoms with Crippen LogP contribution in [0.1, 0.15) is 42.5 Å². The number of carboxylic acid groups (broad SMARTS) is 1. The van der Waals surface area contributed by atoms with E-state index in [0.717, 1.165) is 5.56 Å². The lowest BCUT2D eigenvalue weighted by Crippen LogP contribution is -2.48. The minimum atomic E-state index is -0.970. The number of hydrogen-bond donors (Lipinski definition) is 2. The maximum absolute atomic E-state index is 10.9. The van der Waals surface area contributed by atoms with E-state index in [9.17, 15) is 10.1 Å². The molecule has 118 valence electrons. The lowest BCUT2D eigenvalue weighted by molar-refractivity contribution is 0.104. The average molecular weight is 324 g/mol. The third-order valence-corrected chi connectivity index (χ3v) is 4.05. The predicted molar refractivity (Wildman–Crippen MR) is 82.3 cm³/mol. The molecular formula is C15H18ClN3O3. The zero-order chi connectivity index (χ0) is 16.4. The van der Waals surface area contributed by atoms with Crippen molar-refractivity contribution >= 4 is 17.7 Å². The van der Waals surface area contributed by atoms with Crippen molar-refractivity contribution in [1.82, 2.24) is 4.90 Å². The van der Waals surface area contributed by atoms with Gasteiger partial charge in [0.25, 0.3) is 0 Å². The number of likely N-dealkylation sites (tertiary alicyclic amines) is 1. The first kappa shape index (κ1) is 16.4. The maximum Gasteiger partial charge on any atom is 0.407 e. The van der Waals surface area contributed by atoms with Crippen molar-refractivity contribution in [3.8, 4) is 11.8 Å². The van der Waals surface area contributed by atoms with Gasteiger partial charge in [0.15, 0.2) is 0 Å². The molecule has 1 atom stereocenters. The molecule has 0 radical (unpaired) electrons. The summed E-state index contributed by atoms with van der Waals surface area (Å²) in [7, 11) is 0. The summed E-state index contributed by atoms with van der Waals surface area (Å²) in [6.07, 6.45) is -0.970. The van der Waals surface area contributed by atoms with Crippen molar-refractivity contribution in [3.63, 3.8) is 0 Å². The molecule has 1 aromatic rings. The molecule has 0 bridgehead atoms. The van der Waals surface area contributed by atoms with E-state index in [1.807, 2.05) is 13.8 Å². The van der Waals surface area contributed by atoms with Crippen LogP contribution in [0.15, 0.2) is 6.07 Å². The van der Waals surface area contributed by atoms with Crippen LogP contribution in [0.2, 0.25) is 5.02 Å². The maximum atomic E-state index is 10.9. The Labute approximate surface area is 134 Å². The Morgan fingerprint density at radius 2 is 2.32 bits per heavy atom. The van der Waals surface area contributed by atoms with E-state index >= 15 is 0 Å². The van der Waals surface area contributed by atoms with Gasteiger partial charge in [-0.05, 0) is 19.9 Å². The van der Waals surface area contributed by atoms with E-state index in [-0.39, 0.29) is 12.0 Å². The van der Waals surface area contributed by atoms with Gasteiger partial charge in [-0.15, -0.1) is 0 Å². The summed E-state index contributed by atoms with van der Waals surface area (Å²) in [6, 6.07) is 3.46. The molecule has 1 aliphatic heterocycles. The number of nitriles is 1. The number of amides is 1. The Bertz CT molecular complexity index is 634. The Hall–Kier alpha value is -1.97. The van der Waals surface area contributed by atoms with Crippen LogP contribution in [0.4, 0.5) is 4.79 Å². The second-order valence-electron chi connectivity index (χ2n) is 5.28. The lowest BCUT2D eigenvalue weighted by atomic mass is 9.85. The van der Waals surface area contributed by atoms with Gasteiger partial charge in [-0.25, -0.2) is 4.79 Å². The van der Waals surface area contributed by atoms with Gasteiger partial charge in [0.2, 0.25) is 0 Å². The average Bonchev–Trinajstić information content (AvgIpc) is 2.39. The van der Waals surface area contributed by atoms with Crippen molar-refractivity contribution < 1.29 is 14.6 Å². The first-order valence-electron chi connectivity index (χ1n) is 7.03. The van der Waals surface area contributed by atoms with Gasteiger partial charge >= 0.3 is 6.09 Å². The van der Waals surface area contributed by atoms with Crippen LogP contribution in [0.5, 0.6) is 5.75 Å². The van der Waals surface area contributed by atoms with Crippen LogP contribution < -0.4 is 10.5 Å². The van der Waals surface area contributed by atoms with E-state index in [1.165, 1.54) is 4.90 Å². The summed E-state index contributed by atoms with van der Waals surface area (Å²) >= 11 is 6.21. The SMILES string of the molecule is CCOc1c(C(C)N)cc(Cl)c(C#N)c1C1CN(C(=O)O)C1. The predicted octanol–water partition coefficient (Wildman–Crippen LogP) is 2.71. The Balaban J connectivity index is 2.54. The molecule has 1 heterocycles. The number of nitrogens with two attached hydrogens (primary N) is 1. The van der Waals surface area contributed by atoms with Crippen molar-refractivity contribution in [2.24, 2.45) is 5.73 Å². The Morgan fingerprint density at radius 1 is 1.68 bits per heavy atom. The van der Waals surface area contributed by atoms with Crippen LogP contribution in [-0.2, 0) is 0 Å². The fourth-order valence-corrected chi connectivity index (χ4v) is 2.90. The van der Waals surface area contributed by atoms with Crippen molar-refractivity contribution in [2.75, 3.05) is 19.7 Å². The van der Waals surface area contributed by atoms with Crippen LogP contribution in [0, 0.1) is 11.3 Å². The number of ether oxygens (including phenoxy) is 1. The van der Waals surface area contributed by atoms with E-state index in [1.54, 1.807) is 6.07 Å². The summed E-state index contributed by atoms with van der Waals surface area (Å²) in [4.78, 5) is 12.2. The zero-order valence-corrected chi connectivity index (χ0v) is 13.2. The summed E-state index contributed by atoms with van der Waals surface area (Å²) < 4.78 is 5.72. The Kier molecular flexibility index (Phi) is 4.79. The van der Waals surface area contributed by atoms with Crippen molar-refractivity contribution in [2.45, 2.75) is 25.8 Å². The highest BCUT2D eigenvalue weighted by Crippen LogP contribution is 2.42. The second-order valence-corrected chi connectivity index (χ2v) is 5.69. The highest BCUT2D eigenvalue weighted by Gasteiger charge is 2.37. The lowest BCUT2D eigenvalue weighted by Gasteiger charge is -2.39. The normalized spacial score (nSPS) is 15.9. The van der Waals surface area contributed by atoms with E-state index in [2.05, 4.69) is 6.07 Å². The minimum Gasteiger partial charge on any atom is -0.493 e. The molecule has 1 unspecified atom stereocenters. The molecule has 1 aromatic carbocycles. The van der Waals surface area contributed by atoms with Crippen LogP contribution in [0.3, 0.4) is 0 Å². The first-order chi connectivity index (χ1) is 10.4. The number of nitrogens with zero attached hydrogens (tertiary/aromatic N) is 2. The van der Waals surface area contributed by atoms with Crippen molar-refractivity contribution in [1.29, 1.82) is 5.26 Å². The van der Waals surface area contributed by atoms with Crippen LogP contribution >= 0.6 is 11.6 Å². The molecular weight excluding hydrogens is 306 g/mol. The van der Waals surface area contributed by atoms with Gasteiger partial charge in [0.1, 0.15) is 11.8 Å². The Morgan fingerprint density at radius 3 is 2.77 bits per heavy atom. The molecule has 22 heavy (non-hydrogen) atoms. The standard InChI is InChI=1S/C15H18ClN3O3/c1-3-22-14-10(8(2)18)4-12(16)11(5-17)13(14)9-6-19(7-9)15(20)21/h4,8-9H,3,6-7,18H2,1-2H3,(H,20,21). The molecule has 1 fully saturated rings. The van der Waals surface area contributed by atoms with Gasteiger partial charge in [-0.3, -0.25) is 0 Å². The molecule has 1 saturated heterocycles. The fourth-order valence-electron chi connectivity index (χ4n) is 2.64. The molecule has 0 aromatic heterocycles. The molecule has 1 aliphatic rings. The summed E-state index contributed by atoms with van der Waals surface area (Å²) in [5, 5.41) is 18.7. The monoisotopic (exact) mass is 323 g/mol. The molecule has 1 amide bonds. The second kappa shape index (κ2) is 6.42. The number of hydrogen-bond acceptors (Lipinski definition) is 4. The highest BCUT2D eigenvalue weighted by molar-refractivity contribution is 6.32. The number of carbonyl (C=O) groups is 1. The molecule has 3 N–H and O–H groups in total. The third-order valence-electron chi connectivity index (χ3n) is 3.75. The highest BCUT2D eigenvalue weighted by atomic mass is 35.5. The summed E-state index contributed by atoms with van der Waals surface area (Å²) in [5.74, 6) is 0.456. The minimum absolute atomic E-state index is 0.108. The van der Waals surface area contributed by atoms with E-state index < -0.39 is 6.09 Å². The van der Waals surface area contributed by atoms with Gasteiger partial charge in [0, 0.05) is 36.2 Å². The topological polar surface area (TPSA) is 99.6 Å². The molecule has 0 aliphatic carbocycles. The number of benzene rings is 1. The smallest absolute Gasteiger partial charge is 0.407 e. The van der Waals surface area contributed by atoms with Crippen LogP contribution in [-0.4, -0.2) is 35.8 Å². The molecule has 0 spiro atoms. The van der Waals surface area contributed by atoms with E-state index in [4.69, 9.17) is 27.2 Å². The fraction of sp³-hybridized carbons (Fsp3) is 0.467. The van der Waals surface area contributed by atoms with Gasteiger partial charge < -0.3 is 20.5 Å². The molecule has 2 rings (SSSR count). The first-order valence-corrected chi connectivity index (χ1v) is 7.41. The van der Waals surface area contributed by atoms with Gasteiger partial charge in [0.05, 0.1) is 17.2 Å². The largest absolute Gasteiger partial charge is 0.493 e.